The largest absolute Gasteiger partial charge is 0.460 e. The molecular formula is C24H29O5. The zero-order chi connectivity index (χ0) is 21.4. The summed E-state index contributed by atoms with van der Waals surface area (Å²) in [5.74, 6) is -2.14. The van der Waals surface area contributed by atoms with Crippen molar-refractivity contribution in [3.05, 3.63) is 77.2 Å². The average Bonchev–Trinajstić information content (AvgIpc) is 2.71. The summed E-state index contributed by atoms with van der Waals surface area (Å²) < 4.78 is 10.5. The smallest absolute Gasteiger partial charge is 0.339 e. The third kappa shape index (κ3) is 6.43. The molecule has 5 heteroatoms. The first kappa shape index (κ1) is 22.6. The lowest BCUT2D eigenvalue weighted by molar-refractivity contribution is -0.172. The highest BCUT2D eigenvalue weighted by Gasteiger charge is 2.45. The van der Waals surface area contributed by atoms with Crippen LogP contribution in [0.3, 0.4) is 0 Å². The lowest BCUT2D eigenvalue weighted by Crippen LogP contribution is -2.48. The van der Waals surface area contributed by atoms with E-state index in [1.54, 1.807) is 6.92 Å². The number of ether oxygens (including phenoxy) is 2. The van der Waals surface area contributed by atoms with Crippen LogP contribution in [0.2, 0.25) is 0 Å². The molecule has 1 radical (unpaired) electrons. The Morgan fingerprint density at radius 1 is 0.931 bits per heavy atom. The van der Waals surface area contributed by atoms with Crippen molar-refractivity contribution in [3.63, 3.8) is 0 Å². The topological polar surface area (TPSA) is 72.8 Å². The molecule has 0 saturated heterocycles. The number of aliphatic hydroxyl groups is 1. The molecule has 2 aromatic rings. The molecule has 0 bridgehead atoms. The summed E-state index contributed by atoms with van der Waals surface area (Å²) in [5.41, 5.74) is 1.78. The predicted octanol–water partition coefficient (Wildman–Crippen LogP) is 4.07. The molecule has 0 aromatic heterocycles. The average molecular weight is 397 g/mol. The number of carbonyl (C=O) groups is 2. The third-order valence-electron chi connectivity index (χ3n) is 5.02. The molecule has 1 N–H and O–H groups in total. The summed E-state index contributed by atoms with van der Waals surface area (Å²) in [6.07, 6.45) is 1.41. The summed E-state index contributed by atoms with van der Waals surface area (Å²) >= 11 is 0. The highest BCUT2D eigenvalue weighted by molar-refractivity contribution is 5.92. The van der Waals surface area contributed by atoms with Crippen molar-refractivity contribution < 1.29 is 24.2 Å². The lowest BCUT2D eigenvalue weighted by Gasteiger charge is -2.30. The molecule has 0 aliphatic rings. The fraction of sp³-hybridized carbons (Fsp3) is 0.375. The van der Waals surface area contributed by atoms with Crippen molar-refractivity contribution in [1.82, 2.24) is 0 Å². The van der Waals surface area contributed by atoms with Gasteiger partial charge in [-0.3, -0.25) is 4.79 Å². The van der Waals surface area contributed by atoms with Gasteiger partial charge in [0.05, 0.1) is 0 Å². The lowest BCUT2D eigenvalue weighted by atomic mass is 9.84. The minimum atomic E-state index is -2.05. The van der Waals surface area contributed by atoms with Crippen LogP contribution in [0.5, 0.6) is 0 Å². The maximum atomic E-state index is 12.6. The molecule has 29 heavy (non-hydrogen) atoms. The second kappa shape index (κ2) is 10.2. The molecule has 0 amide bonds. The van der Waals surface area contributed by atoms with Crippen LogP contribution in [0.4, 0.5) is 0 Å². The molecule has 0 aliphatic heterocycles. The van der Waals surface area contributed by atoms with E-state index in [2.05, 4.69) is 0 Å². The van der Waals surface area contributed by atoms with E-state index in [4.69, 9.17) is 9.47 Å². The summed E-state index contributed by atoms with van der Waals surface area (Å²) in [6.45, 7) is 7.53. The Morgan fingerprint density at radius 3 is 1.83 bits per heavy atom. The van der Waals surface area contributed by atoms with Gasteiger partial charge < -0.3 is 14.6 Å². The van der Waals surface area contributed by atoms with E-state index >= 15 is 0 Å². The Hall–Kier alpha value is -2.66. The molecule has 0 fully saturated rings. The van der Waals surface area contributed by atoms with E-state index in [1.165, 1.54) is 0 Å². The molecule has 0 aliphatic carbocycles. The van der Waals surface area contributed by atoms with E-state index in [0.717, 1.165) is 28.7 Å². The standard InChI is InChI=1S/C24H29O5/c1-5-19(4)24(27,23(26)29-16-21-12-8-18(3)9-13-21)14-22(25)28-15-20-10-6-17(2)7-11-20/h6-14,19,27H,5,15-16H2,1-4H3. The molecule has 2 atom stereocenters. The second-order valence-corrected chi connectivity index (χ2v) is 7.43. The Kier molecular flexibility index (Phi) is 7.97. The first-order valence-electron chi connectivity index (χ1n) is 9.78. The normalized spacial score (nSPS) is 14.0. The van der Waals surface area contributed by atoms with Crippen LogP contribution in [0, 0.1) is 26.2 Å². The summed E-state index contributed by atoms with van der Waals surface area (Å²) in [4.78, 5) is 24.9. The Balaban J connectivity index is 1.99. The van der Waals surface area contributed by atoms with Crippen molar-refractivity contribution in [1.29, 1.82) is 0 Å². The number of benzene rings is 2. The SMILES string of the molecule is CCC(C)C(O)([CH]C(=O)OCc1ccc(C)cc1)C(=O)OCc1ccc(C)cc1. The van der Waals surface area contributed by atoms with Gasteiger partial charge in [0.2, 0.25) is 0 Å². The number of hydrogen-bond donors (Lipinski definition) is 1. The van der Waals surface area contributed by atoms with Gasteiger partial charge in [0.25, 0.3) is 0 Å². The van der Waals surface area contributed by atoms with Gasteiger partial charge >= 0.3 is 11.9 Å². The predicted molar refractivity (Wildman–Crippen MR) is 111 cm³/mol. The number of rotatable bonds is 9. The van der Waals surface area contributed by atoms with Crippen molar-refractivity contribution in [2.24, 2.45) is 5.92 Å². The second-order valence-electron chi connectivity index (χ2n) is 7.43. The number of esters is 2. The maximum absolute atomic E-state index is 12.6. The van der Waals surface area contributed by atoms with Crippen LogP contribution in [0.1, 0.15) is 42.5 Å². The monoisotopic (exact) mass is 397 g/mol. The van der Waals surface area contributed by atoms with Gasteiger partial charge in [0.1, 0.15) is 19.6 Å². The van der Waals surface area contributed by atoms with Gasteiger partial charge in [-0.15, -0.1) is 0 Å². The van der Waals surface area contributed by atoms with Crippen LogP contribution < -0.4 is 0 Å². The van der Waals surface area contributed by atoms with Crippen LogP contribution in [-0.2, 0) is 32.3 Å². The molecule has 0 heterocycles. The summed E-state index contributed by atoms with van der Waals surface area (Å²) in [5, 5.41) is 10.9. The van der Waals surface area contributed by atoms with Crippen LogP contribution in [0.15, 0.2) is 48.5 Å². The number of carbonyl (C=O) groups excluding carboxylic acids is 2. The minimum Gasteiger partial charge on any atom is -0.460 e. The fourth-order valence-corrected chi connectivity index (χ4v) is 2.72. The molecule has 0 saturated carbocycles. The van der Waals surface area contributed by atoms with Gasteiger partial charge in [0.15, 0.2) is 5.60 Å². The first-order chi connectivity index (χ1) is 13.7. The van der Waals surface area contributed by atoms with Gasteiger partial charge in [0, 0.05) is 0 Å². The van der Waals surface area contributed by atoms with Crippen LogP contribution in [0.25, 0.3) is 0 Å². The van der Waals surface area contributed by atoms with Crippen molar-refractivity contribution >= 4 is 11.9 Å². The van der Waals surface area contributed by atoms with Gasteiger partial charge in [-0.1, -0.05) is 79.9 Å². The van der Waals surface area contributed by atoms with Gasteiger partial charge in [-0.05, 0) is 30.9 Å². The summed E-state index contributed by atoms with van der Waals surface area (Å²) in [6, 6.07) is 15.1. The van der Waals surface area contributed by atoms with Crippen LogP contribution >= 0.6 is 0 Å². The quantitative estimate of drug-likeness (QED) is 0.646. The number of hydrogen-bond acceptors (Lipinski definition) is 5. The maximum Gasteiger partial charge on any atom is 0.339 e. The molecule has 5 nitrogen and oxygen atoms in total. The summed E-state index contributed by atoms with van der Waals surface area (Å²) in [7, 11) is 0. The molecule has 155 valence electrons. The third-order valence-corrected chi connectivity index (χ3v) is 5.02. The highest BCUT2D eigenvalue weighted by Crippen LogP contribution is 2.26. The fourth-order valence-electron chi connectivity index (χ4n) is 2.72. The van der Waals surface area contributed by atoms with E-state index in [9.17, 15) is 14.7 Å². The van der Waals surface area contributed by atoms with Crippen molar-refractivity contribution in [3.8, 4) is 0 Å². The molecule has 0 spiro atoms. The first-order valence-corrected chi connectivity index (χ1v) is 9.78. The Labute approximate surface area is 172 Å². The zero-order valence-electron chi connectivity index (χ0n) is 17.5. The van der Waals surface area contributed by atoms with E-state index < -0.39 is 23.5 Å². The minimum absolute atomic E-state index is 0.0180. The highest BCUT2D eigenvalue weighted by atomic mass is 16.6. The molecule has 2 unspecified atom stereocenters. The van der Waals surface area contributed by atoms with Crippen LogP contribution in [-0.4, -0.2) is 22.6 Å². The van der Waals surface area contributed by atoms with E-state index in [1.807, 2.05) is 69.3 Å². The zero-order valence-corrected chi connectivity index (χ0v) is 17.5. The van der Waals surface area contributed by atoms with Crippen molar-refractivity contribution in [2.45, 2.75) is 52.9 Å². The molecule has 2 rings (SSSR count). The molecule has 2 aromatic carbocycles. The molecular weight excluding hydrogens is 368 g/mol. The van der Waals surface area contributed by atoms with Gasteiger partial charge in [-0.25, -0.2) is 4.79 Å². The van der Waals surface area contributed by atoms with E-state index in [-0.39, 0.29) is 13.2 Å². The number of aryl methyl sites for hydroxylation is 2. The Morgan fingerprint density at radius 2 is 1.38 bits per heavy atom. The van der Waals surface area contributed by atoms with Crippen molar-refractivity contribution in [2.75, 3.05) is 0 Å². The van der Waals surface area contributed by atoms with E-state index in [0.29, 0.717) is 6.42 Å². The van der Waals surface area contributed by atoms with Gasteiger partial charge in [-0.2, -0.15) is 0 Å². The Bertz CT molecular complexity index is 810.